The van der Waals surface area contributed by atoms with Gasteiger partial charge in [0.05, 0.1) is 6.61 Å². The van der Waals surface area contributed by atoms with Gasteiger partial charge in [0.25, 0.3) is 0 Å². The lowest BCUT2D eigenvalue weighted by Gasteiger charge is -2.39. The summed E-state index contributed by atoms with van der Waals surface area (Å²) in [5.74, 6) is 0.563. The fraction of sp³-hybridized carbons (Fsp3) is 0.933. The summed E-state index contributed by atoms with van der Waals surface area (Å²) in [6.45, 7) is 0.648. The summed E-state index contributed by atoms with van der Waals surface area (Å²) in [5, 5.41) is 9.16. The molecule has 0 aliphatic heterocycles. The van der Waals surface area contributed by atoms with Crippen molar-refractivity contribution in [1.29, 1.82) is 0 Å². The highest BCUT2D eigenvalue weighted by atomic mass is 16.3. The second-order valence-electron chi connectivity index (χ2n) is 5.88. The smallest absolute Gasteiger partial charge is 0.226 e. The maximum Gasteiger partial charge on any atom is 0.226 e. The molecule has 2 aliphatic rings. The normalized spacial score (nSPS) is 22.9. The summed E-state index contributed by atoms with van der Waals surface area (Å²) < 4.78 is 0. The number of carbonyl (C=O) groups is 1. The van der Waals surface area contributed by atoms with Gasteiger partial charge in [0, 0.05) is 18.5 Å². The third kappa shape index (κ3) is 3.47. The zero-order valence-corrected chi connectivity index (χ0v) is 11.4. The van der Waals surface area contributed by atoms with E-state index in [9.17, 15) is 4.79 Å². The van der Waals surface area contributed by atoms with E-state index in [0.29, 0.717) is 18.5 Å². The monoisotopic (exact) mass is 253 g/mol. The van der Waals surface area contributed by atoms with Crippen LogP contribution in [0.2, 0.25) is 0 Å². The first kappa shape index (κ1) is 13.9. The molecular weight excluding hydrogens is 226 g/mol. The second kappa shape index (κ2) is 7.13. The Morgan fingerprint density at radius 3 is 2.06 bits per heavy atom. The van der Waals surface area contributed by atoms with Crippen molar-refractivity contribution in [2.24, 2.45) is 5.92 Å². The van der Waals surface area contributed by atoms with Gasteiger partial charge >= 0.3 is 0 Å². The summed E-state index contributed by atoms with van der Waals surface area (Å²) in [6.07, 6.45) is 12.0. The van der Waals surface area contributed by atoms with Crippen molar-refractivity contribution in [3.8, 4) is 0 Å². The van der Waals surface area contributed by atoms with Crippen LogP contribution in [0.5, 0.6) is 0 Å². The number of carbonyl (C=O) groups excluding carboxylic acids is 1. The fourth-order valence-electron chi connectivity index (χ4n) is 3.22. The molecule has 0 spiro atoms. The first-order valence-corrected chi connectivity index (χ1v) is 7.74. The Balaban J connectivity index is 1.92. The van der Waals surface area contributed by atoms with Crippen molar-refractivity contribution < 1.29 is 9.90 Å². The average Bonchev–Trinajstić information content (AvgIpc) is 2.25. The van der Waals surface area contributed by atoms with E-state index in [0.717, 1.165) is 25.7 Å². The van der Waals surface area contributed by atoms with Crippen LogP contribution in [0.3, 0.4) is 0 Å². The Morgan fingerprint density at radius 1 is 0.944 bits per heavy atom. The van der Waals surface area contributed by atoms with E-state index in [4.69, 9.17) is 5.11 Å². The molecule has 1 amide bonds. The molecule has 2 saturated carbocycles. The number of hydrogen-bond donors (Lipinski definition) is 1. The van der Waals surface area contributed by atoms with Crippen LogP contribution in [-0.4, -0.2) is 35.1 Å². The third-order valence-electron chi connectivity index (χ3n) is 4.59. The standard InChI is InChI=1S/C15H27NO2/c17-12-11-16(14-9-6-10-14)15(18)13-7-4-2-1-3-5-8-13/h13-14,17H,1-12H2. The number of rotatable bonds is 4. The van der Waals surface area contributed by atoms with Gasteiger partial charge in [0.1, 0.15) is 0 Å². The molecule has 0 aromatic carbocycles. The summed E-state index contributed by atoms with van der Waals surface area (Å²) in [7, 11) is 0. The van der Waals surface area contributed by atoms with Gasteiger partial charge in [-0.1, -0.05) is 32.1 Å². The van der Waals surface area contributed by atoms with Crippen LogP contribution < -0.4 is 0 Å². The second-order valence-corrected chi connectivity index (χ2v) is 5.88. The largest absolute Gasteiger partial charge is 0.395 e. The Bertz CT molecular complexity index is 255. The minimum absolute atomic E-state index is 0.106. The van der Waals surface area contributed by atoms with Gasteiger partial charge in [-0.2, -0.15) is 0 Å². The minimum Gasteiger partial charge on any atom is -0.395 e. The summed E-state index contributed by atoms with van der Waals surface area (Å²) in [5.41, 5.74) is 0. The third-order valence-corrected chi connectivity index (χ3v) is 4.59. The van der Waals surface area contributed by atoms with Gasteiger partial charge in [0.2, 0.25) is 5.91 Å². The topological polar surface area (TPSA) is 40.5 Å². The molecule has 2 rings (SSSR count). The van der Waals surface area contributed by atoms with Crippen LogP contribution in [0.15, 0.2) is 0 Å². The van der Waals surface area contributed by atoms with Crippen molar-refractivity contribution in [3.05, 3.63) is 0 Å². The number of hydrogen-bond acceptors (Lipinski definition) is 2. The maximum atomic E-state index is 12.6. The molecule has 104 valence electrons. The zero-order valence-electron chi connectivity index (χ0n) is 11.4. The molecule has 0 saturated heterocycles. The van der Waals surface area contributed by atoms with Crippen molar-refractivity contribution in [2.75, 3.05) is 13.2 Å². The van der Waals surface area contributed by atoms with Crippen molar-refractivity contribution in [3.63, 3.8) is 0 Å². The molecule has 0 aromatic heterocycles. The van der Waals surface area contributed by atoms with E-state index in [1.807, 2.05) is 4.90 Å². The molecule has 3 heteroatoms. The number of amides is 1. The van der Waals surface area contributed by atoms with Crippen molar-refractivity contribution >= 4 is 5.91 Å². The van der Waals surface area contributed by atoms with E-state index in [1.165, 1.54) is 38.5 Å². The molecule has 0 heterocycles. The van der Waals surface area contributed by atoms with Crippen LogP contribution in [0.4, 0.5) is 0 Å². The Labute approximate surface area is 111 Å². The molecule has 18 heavy (non-hydrogen) atoms. The number of nitrogens with zero attached hydrogens (tertiary/aromatic N) is 1. The summed E-state index contributed by atoms with van der Waals surface area (Å²) in [4.78, 5) is 14.6. The molecule has 0 atom stereocenters. The molecule has 1 N–H and O–H groups in total. The molecule has 0 aromatic rings. The van der Waals surface area contributed by atoms with Crippen LogP contribution in [0.1, 0.15) is 64.2 Å². The predicted octanol–water partition coefficient (Wildman–Crippen LogP) is 2.72. The Morgan fingerprint density at radius 2 is 1.56 bits per heavy atom. The summed E-state index contributed by atoms with van der Waals surface area (Å²) in [6, 6.07) is 0.426. The quantitative estimate of drug-likeness (QED) is 0.837. The highest BCUT2D eigenvalue weighted by molar-refractivity contribution is 5.79. The zero-order chi connectivity index (χ0) is 12.8. The van der Waals surface area contributed by atoms with Crippen LogP contribution in [-0.2, 0) is 4.79 Å². The van der Waals surface area contributed by atoms with Crippen LogP contribution in [0.25, 0.3) is 0 Å². The number of aliphatic hydroxyl groups is 1. The van der Waals surface area contributed by atoms with Gasteiger partial charge in [-0.3, -0.25) is 4.79 Å². The highest BCUT2D eigenvalue weighted by Crippen LogP contribution is 2.29. The Hall–Kier alpha value is -0.570. The molecule has 0 radical (unpaired) electrons. The molecule has 0 bridgehead atoms. The fourth-order valence-corrected chi connectivity index (χ4v) is 3.22. The first-order chi connectivity index (χ1) is 8.83. The van der Waals surface area contributed by atoms with Gasteiger partial charge in [-0.05, 0) is 32.1 Å². The SMILES string of the molecule is O=C(C1CCCCCCC1)N(CCO)C1CCC1. The molecule has 0 unspecified atom stereocenters. The first-order valence-electron chi connectivity index (χ1n) is 7.74. The predicted molar refractivity (Wildman–Crippen MR) is 72.2 cm³/mol. The molecule has 2 fully saturated rings. The van der Waals surface area contributed by atoms with Gasteiger partial charge in [-0.25, -0.2) is 0 Å². The lowest BCUT2D eigenvalue weighted by atomic mass is 9.87. The van der Waals surface area contributed by atoms with Crippen LogP contribution in [0, 0.1) is 5.92 Å². The van der Waals surface area contributed by atoms with E-state index < -0.39 is 0 Å². The van der Waals surface area contributed by atoms with E-state index in [2.05, 4.69) is 0 Å². The lowest BCUT2D eigenvalue weighted by Crippen LogP contribution is -2.48. The highest BCUT2D eigenvalue weighted by Gasteiger charge is 2.32. The van der Waals surface area contributed by atoms with Crippen molar-refractivity contribution in [1.82, 2.24) is 4.90 Å². The Kier molecular flexibility index (Phi) is 5.48. The van der Waals surface area contributed by atoms with E-state index in [-0.39, 0.29) is 12.5 Å². The van der Waals surface area contributed by atoms with E-state index in [1.54, 1.807) is 0 Å². The summed E-state index contributed by atoms with van der Waals surface area (Å²) >= 11 is 0. The maximum absolute atomic E-state index is 12.6. The molecule has 3 nitrogen and oxygen atoms in total. The molecular formula is C15H27NO2. The van der Waals surface area contributed by atoms with Gasteiger partial charge in [0.15, 0.2) is 0 Å². The van der Waals surface area contributed by atoms with Gasteiger partial charge in [-0.15, -0.1) is 0 Å². The lowest BCUT2D eigenvalue weighted by molar-refractivity contribution is -0.141. The van der Waals surface area contributed by atoms with Crippen molar-refractivity contribution in [2.45, 2.75) is 70.3 Å². The van der Waals surface area contributed by atoms with Crippen LogP contribution >= 0.6 is 0 Å². The average molecular weight is 253 g/mol. The minimum atomic E-state index is 0.106. The molecule has 2 aliphatic carbocycles. The number of aliphatic hydroxyl groups excluding tert-OH is 1. The van der Waals surface area contributed by atoms with Gasteiger partial charge < -0.3 is 10.0 Å². The van der Waals surface area contributed by atoms with E-state index >= 15 is 0 Å².